The van der Waals surface area contributed by atoms with E-state index in [0.29, 0.717) is 0 Å². The Morgan fingerprint density at radius 2 is 1.96 bits per heavy atom. The van der Waals surface area contributed by atoms with Crippen molar-refractivity contribution in [2.24, 2.45) is 10.9 Å². The summed E-state index contributed by atoms with van der Waals surface area (Å²) in [4.78, 5) is 9.76. The highest BCUT2D eigenvalue weighted by molar-refractivity contribution is 5.80. The minimum absolute atomic E-state index is 0.730. The molecule has 136 valence electrons. The number of guanidine groups is 1. The van der Waals surface area contributed by atoms with Gasteiger partial charge in [-0.2, -0.15) is 0 Å². The molecule has 2 rings (SSSR count). The number of nitrogens with zero attached hydrogens (tertiary/aromatic N) is 4. The first-order chi connectivity index (χ1) is 11.5. The van der Waals surface area contributed by atoms with Gasteiger partial charge in [-0.1, -0.05) is 19.0 Å². The lowest BCUT2D eigenvalue weighted by atomic mass is 10.1. The SMILES string of the molecule is CCNC(=NCCc1c(C)noc1C)N1CCN(CC(C)C)CC1. The van der Waals surface area contributed by atoms with Crippen LogP contribution < -0.4 is 5.32 Å². The third-order valence-electron chi connectivity index (χ3n) is 4.43. The molecule has 0 atom stereocenters. The van der Waals surface area contributed by atoms with E-state index in [1.807, 2.05) is 13.8 Å². The van der Waals surface area contributed by atoms with Crippen LogP contribution in [-0.4, -0.2) is 66.7 Å². The van der Waals surface area contributed by atoms with Crippen LogP contribution in [0.3, 0.4) is 0 Å². The van der Waals surface area contributed by atoms with Crippen LogP contribution in [0.25, 0.3) is 0 Å². The zero-order valence-corrected chi connectivity index (χ0v) is 15.9. The summed E-state index contributed by atoms with van der Waals surface area (Å²) in [5.74, 6) is 2.68. The molecule has 6 heteroatoms. The number of aryl methyl sites for hydroxylation is 2. The zero-order valence-electron chi connectivity index (χ0n) is 15.9. The van der Waals surface area contributed by atoms with Gasteiger partial charge in [0.1, 0.15) is 5.76 Å². The van der Waals surface area contributed by atoms with Crippen molar-refractivity contribution in [3.8, 4) is 0 Å². The summed E-state index contributed by atoms with van der Waals surface area (Å²) in [6.07, 6.45) is 0.878. The second kappa shape index (κ2) is 9.06. The Balaban J connectivity index is 1.89. The molecule has 0 aliphatic carbocycles. The van der Waals surface area contributed by atoms with Gasteiger partial charge in [0.15, 0.2) is 5.96 Å². The Kier molecular flexibility index (Phi) is 7.09. The predicted molar refractivity (Wildman–Crippen MR) is 98.5 cm³/mol. The monoisotopic (exact) mass is 335 g/mol. The summed E-state index contributed by atoms with van der Waals surface area (Å²) in [7, 11) is 0. The van der Waals surface area contributed by atoms with Crippen molar-refractivity contribution in [1.82, 2.24) is 20.3 Å². The molecule has 0 saturated carbocycles. The van der Waals surface area contributed by atoms with Crippen LogP contribution in [0.15, 0.2) is 9.52 Å². The first-order valence-electron chi connectivity index (χ1n) is 9.18. The van der Waals surface area contributed by atoms with Crippen LogP contribution in [0.4, 0.5) is 0 Å². The lowest BCUT2D eigenvalue weighted by molar-refractivity contribution is 0.164. The van der Waals surface area contributed by atoms with Gasteiger partial charge in [-0.25, -0.2) is 0 Å². The quantitative estimate of drug-likeness (QED) is 0.637. The molecule has 1 saturated heterocycles. The van der Waals surface area contributed by atoms with E-state index < -0.39 is 0 Å². The standard InChI is InChI=1S/C18H33N5O/c1-6-19-18(20-8-7-17-15(4)21-24-16(17)5)23-11-9-22(10-12-23)13-14(2)3/h14H,6-13H2,1-5H3,(H,19,20). The Labute approximate surface area is 146 Å². The number of aliphatic imine (C=N–C) groups is 1. The summed E-state index contributed by atoms with van der Waals surface area (Å²) in [6.45, 7) is 17.8. The molecule has 0 spiro atoms. The normalized spacial score (nSPS) is 16.9. The molecule has 24 heavy (non-hydrogen) atoms. The van der Waals surface area contributed by atoms with Crippen molar-refractivity contribution < 1.29 is 4.52 Å². The molecular weight excluding hydrogens is 302 g/mol. The minimum Gasteiger partial charge on any atom is -0.361 e. The summed E-state index contributed by atoms with van der Waals surface area (Å²) < 4.78 is 5.23. The highest BCUT2D eigenvalue weighted by Gasteiger charge is 2.20. The van der Waals surface area contributed by atoms with Crippen LogP contribution in [0.1, 0.15) is 37.8 Å². The van der Waals surface area contributed by atoms with Crippen molar-refractivity contribution in [3.05, 3.63) is 17.0 Å². The lowest BCUT2D eigenvalue weighted by Crippen LogP contribution is -2.53. The summed E-state index contributed by atoms with van der Waals surface area (Å²) in [6, 6.07) is 0. The maximum absolute atomic E-state index is 5.23. The van der Waals surface area contributed by atoms with Crippen LogP contribution in [0.2, 0.25) is 0 Å². The summed E-state index contributed by atoms with van der Waals surface area (Å²) in [5.41, 5.74) is 2.17. The molecule has 1 aliphatic heterocycles. The molecule has 6 nitrogen and oxygen atoms in total. The first kappa shape index (κ1) is 18.8. The van der Waals surface area contributed by atoms with E-state index >= 15 is 0 Å². The highest BCUT2D eigenvalue weighted by atomic mass is 16.5. The average molecular weight is 335 g/mol. The number of aromatic nitrogens is 1. The molecule has 2 heterocycles. The Morgan fingerprint density at radius 3 is 2.50 bits per heavy atom. The van der Waals surface area contributed by atoms with Gasteiger partial charge in [-0.05, 0) is 33.1 Å². The van der Waals surface area contributed by atoms with Gasteiger partial charge in [0.05, 0.1) is 5.69 Å². The third kappa shape index (κ3) is 5.23. The lowest BCUT2D eigenvalue weighted by Gasteiger charge is -2.37. The second-order valence-electron chi connectivity index (χ2n) is 6.97. The highest BCUT2D eigenvalue weighted by Crippen LogP contribution is 2.13. The first-order valence-corrected chi connectivity index (χ1v) is 9.18. The van der Waals surface area contributed by atoms with E-state index in [-0.39, 0.29) is 0 Å². The Hall–Kier alpha value is -1.56. The average Bonchev–Trinajstić information content (AvgIpc) is 2.86. The molecule has 0 aromatic carbocycles. The zero-order chi connectivity index (χ0) is 17.5. The second-order valence-corrected chi connectivity index (χ2v) is 6.97. The molecule has 1 N–H and O–H groups in total. The fourth-order valence-corrected chi connectivity index (χ4v) is 3.22. The summed E-state index contributed by atoms with van der Waals surface area (Å²) >= 11 is 0. The fourth-order valence-electron chi connectivity index (χ4n) is 3.22. The Morgan fingerprint density at radius 1 is 1.25 bits per heavy atom. The van der Waals surface area contributed by atoms with Gasteiger partial charge < -0.3 is 14.7 Å². The molecule has 1 fully saturated rings. The van der Waals surface area contributed by atoms with E-state index in [1.54, 1.807) is 0 Å². The van der Waals surface area contributed by atoms with Gasteiger partial charge in [0, 0.05) is 51.4 Å². The van der Waals surface area contributed by atoms with Gasteiger partial charge in [0.2, 0.25) is 0 Å². The smallest absolute Gasteiger partial charge is 0.194 e. The van der Waals surface area contributed by atoms with Crippen LogP contribution in [0.5, 0.6) is 0 Å². The van der Waals surface area contributed by atoms with E-state index in [0.717, 1.165) is 69.0 Å². The van der Waals surface area contributed by atoms with E-state index in [4.69, 9.17) is 9.52 Å². The van der Waals surface area contributed by atoms with E-state index in [9.17, 15) is 0 Å². The number of hydrogen-bond acceptors (Lipinski definition) is 4. The molecule has 1 aromatic heterocycles. The minimum atomic E-state index is 0.730. The van der Waals surface area contributed by atoms with Crippen molar-refractivity contribution in [3.63, 3.8) is 0 Å². The van der Waals surface area contributed by atoms with E-state index in [2.05, 4.69) is 41.0 Å². The molecule has 1 aliphatic rings. The predicted octanol–water partition coefficient (Wildman–Crippen LogP) is 2.07. The van der Waals surface area contributed by atoms with Crippen molar-refractivity contribution >= 4 is 5.96 Å². The number of hydrogen-bond donors (Lipinski definition) is 1. The molecule has 0 bridgehead atoms. The van der Waals surface area contributed by atoms with Gasteiger partial charge in [-0.15, -0.1) is 0 Å². The summed E-state index contributed by atoms with van der Waals surface area (Å²) in [5, 5.41) is 7.45. The van der Waals surface area contributed by atoms with Gasteiger partial charge in [0.25, 0.3) is 0 Å². The van der Waals surface area contributed by atoms with Crippen LogP contribution in [0, 0.1) is 19.8 Å². The molecular formula is C18H33N5O. The Bertz CT molecular complexity index is 510. The number of rotatable bonds is 6. The topological polar surface area (TPSA) is 56.9 Å². The van der Waals surface area contributed by atoms with Gasteiger partial charge in [-0.3, -0.25) is 9.89 Å². The fraction of sp³-hybridized carbons (Fsp3) is 0.778. The maximum atomic E-state index is 5.23. The largest absolute Gasteiger partial charge is 0.361 e. The van der Waals surface area contributed by atoms with Crippen molar-refractivity contribution in [1.29, 1.82) is 0 Å². The van der Waals surface area contributed by atoms with Crippen molar-refractivity contribution in [2.45, 2.75) is 41.0 Å². The van der Waals surface area contributed by atoms with Crippen LogP contribution >= 0.6 is 0 Å². The third-order valence-corrected chi connectivity index (χ3v) is 4.43. The maximum Gasteiger partial charge on any atom is 0.194 e. The van der Waals surface area contributed by atoms with E-state index in [1.165, 1.54) is 12.1 Å². The van der Waals surface area contributed by atoms with Crippen LogP contribution in [-0.2, 0) is 6.42 Å². The molecule has 0 amide bonds. The van der Waals surface area contributed by atoms with Crippen molar-refractivity contribution in [2.75, 3.05) is 45.8 Å². The number of piperazine rings is 1. The molecule has 0 radical (unpaired) electrons. The number of nitrogens with one attached hydrogen (secondary N) is 1. The van der Waals surface area contributed by atoms with Gasteiger partial charge >= 0.3 is 0 Å². The molecule has 0 unspecified atom stereocenters. The molecule has 1 aromatic rings.